The van der Waals surface area contributed by atoms with E-state index < -0.39 is 0 Å². The highest BCUT2D eigenvalue weighted by Crippen LogP contribution is 2.35. The third kappa shape index (κ3) is 2.30. The molecule has 0 bridgehead atoms. The lowest BCUT2D eigenvalue weighted by molar-refractivity contribution is -0.117. The van der Waals surface area contributed by atoms with Crippen molar-refractivity contribution in [1.82, 2.24) is 10.2 Å². The number of nitrogens with zero attached hydrogens (tertiary/aromatic N) is 2. The molecule has 1 aliphatic rings. The van der Waals surface area contributed by atoms with Crippen molar-refractivity contribution in [2.75, 3.05) is 11.4 Å². The number of hydrogen-bond acceptors (Lipinski definition) is 3. The maximum absolute atomic E-state index is 12.0. The number of thiol groups is 1. The van der Waals surface area contributed by atoms with E-state index in [2.05, 4.69) is 38.8 Å². The van der Waals surface area contributed by atoms with Crippen LogP contribution in [0.1, 0.15) is 6.42 Å². The molecule has 6 heteroatoms. The smallest absolute Gasteiger partial charge is 0.229 e. The number of aromatic nitrogens is 2. The van der Waals surface area contributed by atoms with Crippen LogP contribution in [-0.2, 0) is 4.79 Å². The quantitative estimate of drug-likeness (QED) is 0.828. The average Bonchev–Trinajstić information content (AvgIpc) is 2.96. The molecule has 0 saturated carbocycles. The SMILES string of the molecule is O=C1CC(S)CN1c1[nH]ncc1-c1ccccc1Br. The van der Waals surface area contributed by atoms with E-state index in [1.54, 1.807) is 11.1 Å². The summed E-state index contributed by atoms with van der Waals surface area (Å²) in [6, 6.07) is 7.89. The minimum atomic E-state index is 0.0811. The number of carbonyl (C=O) groups is 1. The molecule has 98 valence electrons. The summed E-state index contributed by atoms with van der Waals surface area (Å²) in [4.78, 5) is 13.7. The van der Waals surface area contributed by atoms with E-state index in [1.807, 2.05) is 24.3 Å². The van der Waals surface area contributed by atoms with Gasteiger partial charge in [0.1, 0.15) is 5.82 Å². The lowest BCUT2D eigenvalue weighted by atomic mass is 10.1. The number of benzene rings is 1. The second kappa shape index (κ2) is 5.02. The number of anilines is 1. The van der Waals surface area contributed by atoms with Gasteiger partial charge in [-0.2, -0.15) is 17.7 Å². The van der Waals surface area contributed by atoms with Crippen molar-refractivity contribution in [3.05, 3.63) is 34.9 Å². The third-order valence-corrected chi connectivity index (χ3v) is 4.20. The zero-order valence-corrected chi connectivity index (χ0v) is 12.5. The van der Waals surface area contributed by atoms with Crippen LogP contribution < -0.4 is 4.90 Å². The Bertz CT molecular complexity index is 628. The molecule has 1 unspecified atom stereocenters. The van der Waals surface area contributed by atoms with Crippen LogP contribution in [0.5, 0.6) is 0 Å². The van der Waals surface area contributed by atoms with Gasteiger partial charge in [-0.15, -0.1) is 0 Å². The Kier molecular flexibility index (Phi) is 3.36. The van der Waals surface area contributed by atoms with Crippen LogP contribution >= 0.6 is 28.6 Å². The van der Waals surface area contributed by atoms with Gasteiger partial charge in [-0.1, -0.05) is 34.1 Å². The first kappa shape index (κ1) is 12.7. The van der Waals surface area contributed by atoms with Crippen LogP contribution in [0.2, 0.25) is 0 Å². The maximum atomic E-state index is 12.0. The van der Waals surface area contributed by atoms with Crippen LogP contribution in [0.15, 0.2) is 34.9 Å². The molecule has 1 saturated heterocycles. The molecule has 1 aromatic carbocycles. The summed E-state index contributed by atoms with van der Waals surface area (Å²) in [5, 5.41) is 7.09. The lowest BCUT2D eigenvalue weighted by Gasteiger charge is -2.16. The number of H-pyrrole nitrogens is 1. The van der Waals surface area contributed by atoms with Gasteiger partial charge in [-0.05, 0) is 6.07 Å². The van der Waals surface area contributed by atoms with Crippen molar-refractivity contribution >= 4 is 40.3 Å². The van der Waals surface area contributed by atoms with Crippen LogP contribution in [0, 0.1) is 0 Å². The summed E-state index contributed by atoms with van der Waals surface area (Å²) in [5.41, 5.74) is 1.94. The molecular weight excluding hydrogens is 326 g/mol. The Balaban J connectivity index is 2.04. The van der Waals surface area contributed by atoms with E-state index in [1.165, 1.54) is 0 Å². The predicted octanol–water partition coefficient (Wildman–Crippen LogP) is 2.87. The minimum Gasteiger partial charge on any atom is -0.296 e. The molecule has 1 aliphatic heterocycles. The number of nitrogens with one attached hydrogen (secondary N) is 1. The molecule has 1 aromatic heterocycles. The fourth-order valence-electron chi connectivity index (χ4n) is 2.27. The fourth-order valence-corrected chi connectivity index (χ4v) is 3.08. The van der Waals surface area contributed by atoms with Crippen molar-refractivity contribution in [1.29, 1.82) is 0 Å². The summed E-state index contributed by atoms with van der Waals surface area (Å²) >= 11 is 7.91. The summed E-state index contributed by atoms with van der Waals surface area (Å²) < 4.78 is 0.978. The van der Waals surface area contributed by atoms with Gasteiger partial charge in [0, 0.05) is 33.8 Å². The van der Waals surface area contributed by atoms with E-state index in [9.17, 15) is 4.79 Å². The Labute approximate surface area is 124 Å². The number of halogens is 1. The first-order valence-electron chi connectivity index (χ1n) is 5.93. The van der Waals surface area contributed by atoms with E-state index in [0.29, 0.717) is 13.0 Å². The first-order valence-corrected chi connectivity index (χ1v) is 7.24. The number of hydrogen-bond donors (Lipinski definition) is 2. The van der Waals surface area contributed by atoms with Crippen molar-refractivity contribution in [3.63, 3.8) is 0 Å². The fraction of sp³-hybridized carbons (Fsp3) is 0.231. The highest BCUT2D eigenvalue weighted by Gasteiger charge is 2.31. The van der Waals surface area contributed by atoms with Gasteiger partial charge in [0.05, 0.1) is 6.20 Å². The van der Waals surface area contributed by atoms with Crippen molar-refractivity contribution < 1.29 is 4.79 Å². The highest BCUT2D eigenvalue weighted by atomic mass is 79.9. The number of carbonyl (C=O) groups excluding carboxylic acids is 1. The first-order chi connectivity index (χ1) is 9.16. The van der Waals surface area contributed by atoms with Crippen molar-refractivity contribution in [3.8, 4) is 11.1 Å². The summed E-state index contributed by atoms with van der Waals surface area (Å²) in [6.07, 6.45) is 2.21. The summed E-state index contributed by atoms with van der Waals surface area (Å²) in [7, 11) is 0. The summed E-state index contributed by atoms with van der Waals surface area (Å²) in [6.45, 7) is 0.613. The topological polar surface area (TPSA) is 49.0 Å². The van der Waals surface area contributed by atoms with E-state index in [-0.39, 0.29) is 11.2 Å². The second-order valence-corrected chi connectivity index (χ2v) is 6.06. The van der Waals surface area contributed by atoms with E-state index in [0.717, 1.165) is 21.4 Å². The zero-order valence-electron chi connectivity index (χ0n) is 10.0. The molecule has 1 fully saturated rings. The molecule has 3 rings (SSSR count). The largest absolute Gasteiger partial charge is 0.296 e. The molecule has 1 atom stereocenters. The molecule has 1 amide bonds. The van der Waals surface area contributed by atoms with Gasteiger partial charge >= 0.3 is 0 Å². The molecule has 0 radical (unpaired) electrons. The van der Waals surface area contributed by atoms with Crippen molar-refractivity contribution in [2.24, 2.45) is 0 Å². The number of amides is 1. The van der Waals surface area contributed by atoms with Crippen LogP contribution in [0.25, 0.3) is 11.1 Å². The van der Waals surface area contributed by atoms with Crippen LogP contribution in [-0.4, -0.2) is 27.9 Å². The molecule has 19 heavy (non-hydrogen) atoms. The predicted molar refractivity (Wildman–Crippen MR) is 81.5 cm³/mol. The number of rotatable bonds is 2. The minimum absolute atomic E-state index is 0.0811. The van der Waals surface area contributed by atoms with Crippen LogP contribution in [0.3, 0.4) is 0 Å². The standard InChI is InChI=1S/C13H12BrN3OS/c14-11-4-2-1-3-9(11)10-6-15-16-13(10)17-7-8(19)5-12(17)18/h1-4,6,8,19H,5,7H2,(H,15,16). The molecule has 0 aliphatic carbocycles. The molecule has 0 spiro atoms. The second-order valence-electron chi connectivity index (χ2n) is 4.47. The highest BCUT2D eigenvalue weighted by molar-refractivity contribution is 9.10. The van der Waals surface area contributed by atoms with Gasteiger partial charge in [0.15, 0.2) is 0 Å². The third-order valence-electron chi connectivity index (χ3n) is 3.16. The van der Waals surface area contributed by atoms with E-state index in [4.69, 9.17) is 0 Å². The van der Waals surface area contributed by atoms with Gasteiger partial charge in [0.2, 0.25) is 5.91 Å². The molecule has 1 N–H and O–H groups in total. The van der Waals surface area contributed by atoms with Gasteiger partial charge in [-0.3, -0.25) is 14.8 Å². The average molecular weight is 338 g/mol. The molecule has 2 heterocycles. The Hall–Kier alpha value is -1.27. The zero-order chi connectivity index (χ0) is 13.4. The van der Waals surface area contributed by atoms with Crippen molar-refractivity contribution in [2.45, 2.75) is 11.7 Å². The summed E-state index contributed by atoms with van der Waals surface area (Å²) in [5.74, 6) is 0.825. The molecule has 4 nitrogen and oxygen atoms in total. The molecular formula is C13H12BrN3OS. The Morgan fingerprint density at radius 1 is 1.37 bits per heavy atom. The lowest BCUT2D eigenvalue weighted by Crippen LogP contribution is -2.25. The maximum Gasteiger partial charge on any atom is 0.229 e. The van der Waals surface area contributed by atoms with Gasteiger partial charge in [0.25, 0.3) is 0 Å². The van der Waals surface area contributed by atoms with Gasteiger partial charge in [-0.25, -0.2) is 0 Å². The van der Waals surface area contributed by atoms with E-state index >= 15 is 0 Å². The monoisotopic (exact) mass is 337 g/mol. The van der Waals surface area contributed by atoms with Gasteiger partial charge < -0.3 is 0 Å². The normalized spacial score (nSPS) is 19.2. The molecule has 2 aromatic rings. The number of aromatic amines is 1. The Morgan fingerprint density at radius 2 is 2.16 bits per heavy atom. The van der Waals surface area contributed by atoms with Crippen LogP contribution in [0.4, 0.5) is 5.82 Å². The Morgan fingerprint density at radius 3 is 2.84 bits per heavy atom.